The summed E-state index contributed by atoms with van der Waals surface area (Å²) in [5, 5.41) is 4.67. The van der Waals surface area contributed by atoms with Crippen LogP contribution in [0.3, 0.4) is 0 Å². The minimum atomic E-state index is -0.232. The number of hydrogen-bond donors (Lipinski definition) is 1. The molecule has 1 aliphatic heterocycles. The van der Waals surface area contributed by atoms with Crippen molar-refractivity contribution in [2.45, 2.75) is 0 Å². The molecule has 10 heteroatoms. The van der Waals surface area contributed by atoms with Crippen LogP contribution in [0.4, 0.5) is 11.6 Å². The topological polar surface area (TPSA) is 113 Å². The Bertz CT molecular complexity index is 1540. The highest BCUT2D eigenvalue weighted by Crippen LogP contribution is 2.25. The molecule has 10 nitrogen and oxygen atoms in total. The fourth-order valence-electron chi connectivity index (χ4n) is 4.12. The molecule has 0 aliphatic carbocycles. The number of carbonyl (C=O) groups excluding carboxylic acids is 1. The molecule has 0 saturated carbocycles. The molecule has 1 N–H and O–H groups in total. The summed E-state index contributed by atoms with van der Waals surface area (Å²) in [4.78, 5) is 39.3. The zero-order chi connectivity index (χ0) is 23.8. The van der Waals surface area contributed by atoms with E-state index in [1.807, 2.05) is 24.3 Å². The third kappa shape index (κ3) is 4.26. The van der Waals surface area contributed by atoms with Gasteiger partial charge in [-0.25, -0.2) is 19.9 Å². The first-order valence-electron chi connectivity index (χ1n) is 11.3. The third-order valence-electron chi connectivity index (χ3n) is 6.16. The molecular formula is C25H22N8O2. The van der Waals surface area contributed by atoms with E-state index in [-0.39, 0.29) is 5.91 Å². The fraction of sp³-hybridized carbons (Fsp3) is 0.200. The zero-order valence-corrected chi connectivity index (χ0v) is 19.0. The third-order valence-corrected chi connectivity index (χ3v) is 6.16. The van der Waals surface area contributed by atoms with Gasteiger partial charge in [-0.15, -0.1) is 0 Å². The second-order valence-electron chi connectivity index (χ2n) is 8.53. The maximum Gasteiger partial charge on any atom is 0.257 e. The first-order chi connectivity index (χ1) is 17.1. The molecule has 0 spiro atoms. The highest BCUT2D eigenvalue weighted by atomic mass is 16.3. The highest BCUT2D eigenvalue weighted by Gasteiger charge is 2.17. The molecule has 1 fully saturated rings. The largest absolute Gasteiger partial charge is 0.425 e. The average Bonchev–Trinajstić information content (AvgIpc) is 3.37. The van der Waals surface area contributed by atoms with Crippen LogP contribution in [-0.2, 0) is 0 Å². The monoisotopic (exact) mass is 466 g/mol. The van der Waals surface area contributed by atoms with Crippen LogP contribution in [0, 0.1) is 0 Å². The van der Waals surface area contributed by atoms with Gasteiger partial charge in [-0.2, -0.15) is 0 Å². The maximum atomic E-state index is 13.0. The summed E-state index contributed by atoms with van der Waals surface area (Å²) in [7, 11) is 2.11. The predicted octanol–water partition coefficient (Wildman–Crippen LogP) is 3.23. The molecule has 0 bridgehead atoms. The van der Waals surface area contributed by atoms with Crippen molar-refractivity contribution < 1.29 is 9.21 Å². The number of carbonyl (C=O) groups is 1. The Morgan fingerprint density at radius 1 is 0.914 bits per heavy atom. The Kier molecular flexibility index (Phi) is 5.27. The number of oxazole rings is 1. The van der Waals surface area contributed by atoms with E-state index in [1.54, 1.807) is 30.9 Å². The van der Waals surface area contributed by atoms with Gasteiger partial charge < -0.3 is 19.5 Å². The number of anilines is 2. The molecule has 0 aromatic carbocycles. The summed E-state index contributed by atoms with van der Waals surface area (Å²) in [6.07, 6.45) is 8.19. The van der Waals surface area contributed by atoms with E-state index in [0.29, 0.717) is 22.6 Å². The quantitative estimate of drug-likeness (QED) is 0.426. The summed E-state index contributed by atoms with van der Waals surface area (Å²) < 4.78 is 5.21. The first kappa shape index (κ1) is 21.1. The number of hydrogen-bond acceptors (Lipinski definition) is 9. The molecule has 0 unspecified atom stereocenters. The smallest absolute Gasteiger partial charge is 0.257 e. The molecular weight excluding hydrogens is 444 g/mol. The van der Waals surface area contributed by atoms with Crippen LogP contribution in [-0.4, -0.2) is 69.0 Å². The van der Waals surface area contributed by atoms with Crippen LogP contribution in [0.2, 0.25) is 0 Å². The molecule has 6 rings (SSSR count). The summed E-state index contributed by atoms with van der Waals surface area (Å²) in [6, 6.07) is 9.20. The van der Waals surface area contributed by atoms with Crippen LogP contribution < -0.4 is 10.2 Å². The molecule has 35 heavy (non-hydrogen) atoms. The van der Waals surface area contributed by atoms with Gasteiger partial charge >= 0.3 is 0 Å². The van der Waals surface area contributed by atoms with Gasteiger partial charge in [0.2, 0.25) is 5.71 Å². The van der Waals surface area contributed by atoms with Gasteiger partial charge in [-0.1, -0.05) is 0 Å². The molecule has 5 aromatic rings. The Morgan fingerprint density at radius 2 is 1.77 bits per heavy atom. The molecule has 1 aliphatic rings. The normalized spacial score (nSPS) is 14.5. The van der Waals surface area contributed by atoms with Crippen molar-refractivity contribution in [2.75, 3.05) is 43.4 Å². The summed E-state index contributed by atoms with van der Waals surface area (Å²) >= 11 is 0. The van der Waals surface area contributed by atoms with Crippen LogP contribution in [0.5, 0.6) is 0 Å². The van der Waals surface area contributed by atoms with Crippen molar-refractivity contribution in [2.24, 2.45) is 0 Å². The number of amides is 1. The molecule has 1 amide bonds. The number of nitrogens with one attached hydrogen (secondary N) is 1. The fourth-order valence-corrected chi connectivity index (χ4v) is 4.12. The molecule has 1 saturated heterocycles. The lowest BCUT2D eigenvalue weighted by Gasteiger charge is -2.33. The summed E-state index contributed by atoms with van der Waals surface area (Å²) in [5.41, 5.74) is 3.25. The predicted molar refractivity (Wildman–Crippen MR) is 132 cm³/mol. The lowest BCUT2D eigenvalue weighted by Crippen LogP contribution is -2.44. The lowest BCUT2D eigenvalue weighted by molar-refractivity contribution is 0.102. The van der Waals surface area contributed by atoms with Crippen molar-refractivity contribution in [3.05, 3.63) is 67.1 Å². The number of rotatable bonds is 4. The van der Waals surface area contributed by atoms with E-state index < -0.39 is 0 Å². The second-order valence-corrected chi connectivity index (χ2v) is 8.53. The molecule has 174 valence electrons. The standard InChI is InChI=1S/C25H22N8O2/c1-32-4-6-33(7-5-32)23-11-16(2-3-26-23)24(34)31-22-10-17-8-20(27-13-19(17)14-28-22)18-9-21-25(29-12-18)35-15-30-21/h2-3,8-15H,4-7H2,1H3,(H,28,31,34). The molecule has 5 aromatic heterocycles. The van der Waals surface area contributed by atoms with E-state index >= 15 is 0 Å². The SMILES string of the molecule is CN1CCN(c2cc(C(=O)Nc3cc4cc(-c5cnc6ocnc6c5)ncc4cn3)ccn2)CC1. The summed E-state index contributed by atoms with van der Waals surface area (Å²) in [6.45, 7) is 3.71. The van der Waals surface area contributed by atoms with Gasteiger partial charge in [0, 0.05) is 67.5 Å². The van der Waals surface area contributed by atoms with Crippen LogP contribution in [0.25, 0.3) is 33.3 Å². The van der Waals surface area contributed by atoms with E-state index in [0.717, 1.165) is 54.0 Å². The van der Waals surface area contributed by atoms with E-state index in [9.17, 15) is 4.79 Å². The number of nitrogens with zero attached hydrogens (tertiary/aromatic N) is 7. The minimum absolute atomic E-state index is 0.232. The Morgan fingerprint density at radius 3 is 2.66 bits per heavy atom. The lowest BCUT2D eigenvalue weighted by atomic mass is 10.1. The van der Waals surface area contributed by atoms with E-state index in [2.05, 4.69) is 47.1 Å². The molecule has 6 heterocycles. The van der Waals surface area contributed by atoms with Gasteiger partial charge in [-0.05, 0) is 42.8 Å². The van der Waals surface area contributed by atoms with Crippen LogP contribution in [0.15, 0.2) is 65.9 Å². The van der Waals surface area contributed by atoms with Gasteiger partial charge in [-0.3, -0.25) is 9.78 Å². The number of piperazine rings is 1. The van der Waals surface area contributed by atoms with Gasteiger partial charge in [0.05, 0.1) is 5.69 Å². The van der Waals surface area contributed by atoms with Crippen molar-refractivity contribution in [3.8, 4) is 11.3 Å². The number of likely N-dealkylation sites (N-methyl/N-ethyl adjacent to an activating group) is 1. The van der Waals surface area contributed by atoms with Gasteiger partial charge in [0.1, 0.15) is 17.2 Å². The number of aromatic nitrogens is 5. The van der Waals surface area contributed by atoms with E-state index in [1.165, 1.54) is 6.39 Å². The minimum Gasteiger partial charge on any atom is -0.425 e. The first-order valence-corrected chi connectivity index (χ1v) is 11.3. The average molecular weight is 467 g/mol. The van der Waals surface area contributed by atoms with Crippen molar-refractivity contribution >= 4 is 39.5 Å². The van der Waals surface area contributed by atoms with Crippen molar-refractivity contribution in [1.82, 2.24) is 29.8 Å². The van der Waals surface area contributed by atoms with Gasteiger partial charge in [0.25, 0.3) is 5.91 Å². The van der Waals surface area contributed by atoms with Crippen molar-refractivity contribution in [1.29, 1.82) is 0 Å². The summed E-state index contributed by atoms with van der Waals surface area (Å²) in [5.74, 6) is 1.04. The second kappa shape index (κ2) is 8.73. The molecule has 0 atom stereocenters. The van der Waals surface area contributed by atoms with E-state index in [4.69, 9.17) is 4.42 Å². The zero-order valence-electron chi connectivity index (χ0n) is 19.0. The van der Waals surface area contributed by atoms with Crippen LogP contribution in [0.1, 0.15) is 10.4 Å². The maximum absolute atomic E-state index is 13.0. The van der Waals surface area contributed by atoms with Crippen molar-refractivity contribution in [3.63, 3.8) is 0 Å². The van der Waals surface area contributed by atoms with Gasteiger partial charge in [0.15, 0.2) is 6.39 Å². The Balaban J connectivity index is 1.24. The number of fused-ring (bicyclic) bond motifs is 2. The Hall–Kier alpha value is -4.44. The highest BCUT2D eigenvalue weighted by molar-refractivity contribution is 6.05. The Labute approximate surface area is 200 Å². The molecule has 0 radical (unpaired) electrons. The van der Waals surface area contributed by atoms with Crippen LogP contribution >= 0.6 is 0 Å². The number of pyridine rings is 4.